The molecule has 0 unspecified atom stereocenters. The Balaban J connectivity index is 1.94. The maximum Gasteiger partial charge on any atom is 0.232 e. The Labute approximate surface area is 135 Å². The van der Waals surface area contributed by atoms with Gasteiger partial charge in [0.25, 0.3) is 0 Å². The van der Waals surface area contributed by atoms with Crippen molar-refractivity contribution in [2.75, 3.05) is 23.7 Å². The van der Waals surface area contributed by atoms with Crippen LogP contribution >= 0.6 is 11.8 Å². The lowest BCUT2D eigenvalue weighted by Crippen LogP contribution is -2.31. The minimum atomic E-state index is 0.519. The fourth-order valence-corrected chi connectivity index (χ4v) is 3.44. The van der Waals surface area contributed by atoms with E-state index in [-0.39, 0.29) is 0 Å². The summed E-state index contributed by atoms with van der Waals surface area (Å²) in [6.45, 7) is 2.07. The third-order valence-corrected chi connectivity index (χ3v) is 4.65. The molecule has 1 saturated heterocycles. The lowest BCUT2D eigenvalue weighted by molar-refractivity contribution is 0.564. The average molecular weight is 313 g/mol. The van der Waals surface area contributed by atoms with Crippen LogP contribution in [0.25, 0.3) is 5.69 Å². The van der Waals surface area contributed by atoms with Gasteiger partial charge in [0.15, 0.2) is 5.16 Å². The quantitative estimate of drug-likeness (QED) is 0.626. The van der Waals surface area contributed by atoms with Crippen LogP contribution < -0.4 is 4.90 Å². The molecule has 2 aromatic rings. The molecule has 1 fully saturated rings. The molecule has 1 aromatic carbocycles. The van der Waals surface area contributed by atoms with Crippen LogP contribution in [0, 0.1) is 11.3 Å². The lowest BCUT2D eigenvalue weighted by Gasteiger charge is -2.27. The number of para-hydroxylation sites is 1. The van der Waals surface area contributed by atoms with Crippen molar-refractivity contribution in [1.29, 1.82) is 5.26 Å². The van der Waals surface area contributed by atoms with Crippen molar-refractivity contribution in [3.05, 3.63) is 30.3 Å². The summed E-state index contributed by atoms with van der Waals surface area (Å²) in [6, 6.07) is 12.4. The molecule has 22 heavy (non-hydrogen) atoms. The first-order valence-corrected chi connectivity index (χ1v) is 8.64. The maximum atomic E-state index is 8.73. The van der Waals surface area contributed by atoms with Gasteiger partial charge in [0, 0.05) is 25.3 Å². The van der Waals surface area contributed by atoms with Gasteiger partial charge in [0.05, 0.1) is 11.8 Å². The zero-order valence-corrected chi connectivity index (χ0v) is 13.3. The first-order chi connectivity index (χ1) is 10.9. The first kappa shape index (κ1) is 14.9. The number of anilines is 1. The third kappa shape index (κ3) is 3.25. The standard InChI is InChI=1S/C16H19N5S/c17-10-7-13-22-16-19-18-15(20-11-5-2-6-12-20)21(16)14-8-3-1-4-9-14/h1,3-4,8-9H,2,5-7,11-13H2. The minimum absolute atomic E-state index is 0.519. The second-order valence-corrected chi connectivity index (χ2v) is 6.32. The highest BCUT2D eigenvalue weighted by Gasteiger charge is 2.21. The molecule has 1 aliphatic rings. The summed E-state index contributed by atoms with van der Waals surface area (Å²) in [4.78, 5) is 2.32. The van der Waals surface area contributed by atoms with E-state index in [0.29, 0.717) is 6.42 Å². The van der Waals surface area contributed by atoms with Crippen LogP contribution in [0.15, 0.2) is 35.5 Å². The van der Waals surface area contributed by atoms with Crippen LogP contribution in [0.2, 0.25) is 0 Å². The second-order valence-electron chi connectivity index (χ2n) is 5.26. The fraction of sp³-hybridized carbons (Fsp3) is 0.438. The van der Waals surface area contributed by atoms with Gasteiger partial charge in [-0.2, -0.15) is 5.26 Å². The Morgan fingerprint density at radius 2 is 1.86 bits per heavy atom. The molecule has 0 radical (unpaired) electrons. The predicted molar refractivity (Wildman–Crippen MR) is 88.4 cm³/mol. The monoisotopic (exact) mass is 313 g/mol. The van der Waals surface area contributed by atoms with Gasteiger partial charge in [-0.15, -0.1) is 10.2 Å². The molecule has 0 amide bonds. The van der Waals surface area contributed by atoms with Gasteiger partial charge in [-0.1, -0.05) is 30.0 Å². The number of thioether (sulfide) groups is 1. The van der Waals surface area contributed by atoms with Crippen LogP contribution in [-0.2, 0) is 0 Å². The molecule has 0 bridgehead atoms. The topological polar surface area (TPSA) is 57.7 Å². The summed E-state index contributed by atoms with van der Waals surface area (Å²) in [6.07, 6.45) is 4.22. The van der Waals surface area contributed by atoms with Gasteiger partial charge in [-0.05, 0) is 31.4 Å². The van der Waals surface area contributed by atoms with Crippen molar-refractivity contribution in [2.24, 2.45) is 0 Å². The highest BCUT2D eigenvalue weighted by Crippen LogP contribution is 2.28. The Hall–Kier alpha value is -2.00. The van der Waals surface area contributed by atoms with Crippen molar-refractivity contribution >= 4 is 17.7 Å². The fourth-order valence-electron chi connectivity index (χ4n) is 2.65. The Bertz CT molecular complexity index is 640. The summed E-state index contributed by atoms with van der Waals surface area (Å²) in [7, 11) is 0. The summed E-state index contributed by atoms with van der Waals surface area (Å²) < 4.78 is 2.12. The van der Waals surface area contributed by atoms with Gasteiger partial charge >= 0.3 is 0 Å². The van der Waals surface area contributed by atoms with Gasteiger partial charge < -0.3 is 4.90 Å². The molecule has 1 aliphatic heterocycles. The Kier molecular flexibility index (Phi) is 4.96. The first-order valence-electron chi connectivity index (χ1n) is 7.65. The summed E-state index contributed by atoms with van der Waals surface area (Å²) in [5.74, 6) is 1.66. The number of hydrogen-bond donors (Lipinski definition) is 0. The molecule has 114 valence electrons. The van der Waals surface area contributed by atoms with Crippen molar-refractivity contribution in [3.8, 4) is 11.8 Å². The lowest BCUT2D eigenvalue weighted by atomic mass is 10.1. The van der Waals surface area contributed by atoms with E-state index in [9.17, 15) is 0 Å². The van der Waals surface area contributed by atoms with E-state index < -0.39 is 0 Å². The Morgan fingerprint density at radius 1 is 1.09 bits per heavy atom. The average Bonchev–Trinajstić information content (AvgIpc) is 3.01. The SMILES string of the molecule is N#CCCSc1nnc(N2CCCCC2)n1-c1ccccc1. The predicted octanol–water partition coefficient (Wildman–Crippen LogP) is 3.26. The maximum absolute atomic E-state index is 8.73. The van der Waals surface area contributed by atoms with E-state index in [0.717, 1.165) is 35.6 Å². The molecule has 3 rings (SSSR count). The number of benzene rings is 1. The second kappa shape index (κ2) is 7.32. The van der Waals surface area contributed by atoms with Gasteiger partial charge in [0.1, 0.15) is 0 Å². The van der Waals surface area contributed by atoms with E-state index in [1.807, 2.05) is 18.2 Å². The van der Waals surface area contributed by atoms with E-state index in [1.54, 1.807) is 11.8 Å². The molecule has 0 atom stereocenters. The van der Waals surface area contributed by atoms with Crippen molar-refractivity contribution < 1.29 is 0 Å². The molecular formula is C16H19N5S. The van der Waals surface area contributed by atoms with E-state index >= 15 is 0 Å². The number of piperidine rings is 1. The normalized spacial score (nSPS) is 14.8. The van der Waals surface area contributed by atoms with Gasteiger partial charge in [-0.3, -0.25) is 4.57 Å². The van der Waals surface area contributed by atoms with Crippen molar-refractivity contribution in [1.82, 2.24) is 14.8 Å². The number of nitriles is 1. The molecule has 0 spiro atoms. The van der Waals surface area contributed by atoms with Crippen molar-refractivity contribution in [3.63, 3.8) is 0 Å². The Morgan fingerprint density at radius 3 is 2.59 bits per heavy atom. The summed E-state index contributed by atoms with van der Waals surface area (Å²) >= 11 is 1.59. The van der Waals surface area contributed by atoms with Crippen LogP contribution in [0.4, 0.5) is 5.95 Å². The van der Waals surface area contributed by atoms with Crippen molar-refractivity contribution in [2.45, 2.75) is 30.8 Å². The molecule has 5 nitrogen and oxygen atoms in total. The molecule has 1 aromatic heterocycles. The van der Waals surface area contributed by atoms with E-state index in [1.165, 1.54) is 19.3 Å². The van der Waals surface area contributed by atoms with E-state index in [4.69, 9.17) is 5.26 Å². The third-order valence-electron chi connectivity index (χ3n) is 3.71. The highest BCUT2D eigenvalue weighted by atomic mass is 32.2. The molecule has 0 aliphatic carbocycles. The van der Waals surface area contributed by atoms with Crippen LogP contribution in [0.3, 0.4) is 0 Å². The number of aromatic nitrogens is 3. The molecule has 6 heteroatoms. The molecular weight excluding hydrogens is 294 g/mol. The van der Waals surface area contributed by atoms with Gasteiger partial charge in [-0.25, -0.2) is 0 Å². The van der Waals surface area contributed by atoms with Crippen LogP contribution in [0.5, 0.6) is 0 Å². The van der Waals surface area contributed by atoms with Crippen LogP contribution in [-0.4, -0.2) is 33.6 Å². The number of hydrogen-bond acceptors (Lipinski definition) is 5. The smallest absolute Gasteiger partial charge is 0.232 e. The summed E-state index contributed by atoms with van der Waals surface area (Å²) in [5.41, 5.74) is 1.08. The zero-order valence-electron chi connectivity index (χ0n) is 12.5. The molecule has 0 saturated carbocycles. The number of rotatable bonds is 5. The zero-order chi connectivity index (χ0) is 15.2. The summed E-state index contributed by atoms with van der Waals surface area (Å²) in [5, 5.41) is 18.4. The molecule has 2 heterocycles. The minimum Gasteiger partial charge on any atom is -0.341 e. The molecule has 0 N–H and O–H groups in total. The van der Waals surface area contributed by atoms with Gasteiger partial charge in [0.2, 0.25) is 5.95 Å². The largest absolute Gasteiger partial charge is 0.341 e. The van der Waals surface area contributed by atoms with Crippen LogP contribution in [0.1, 0.15) is 25.7 Å². The highest BCUT2D eigenvalue weighted by molar-refractivity contribution is 7.99. The van der Waals surface area contributed by atoms with E-state index in [2.05, 4.69) is 37.9 Å². The number of nitrogens with zero attached hydrogens (tertiary/aromatic N) is 5.